The van der Waals surface area contributed by atoms with Crippen molar-refractivity contribution in [2.45, 2.75) is 354 Å². The molecule has 8 fully saturated rings. The molecule has 0 aromatic rings. The molecule has 0 saturated carbocycles. The third-order valence-electron chi connectivity index (χ3n) is 27.9. The van der Waals surface area contributed by atoms with Crippen molar-refractivity contribution >= 4 is 142 Å². The average Bonchev–Trinajstić information content (AvgIpc) is 1.65. The molecule has 8 heterocycles. The minimum Gasteiger partial charge on any atom is -0.481 e. The first-order chi connectivity index (χ1) is 70.7. The van der Waals surface area contributed by atoms with Crippen LogP contribution in [0.5, 0.6) is 0 Å². The number of aliphatic carboxylic acids is 2. The van der Waals surface area contributed by atoms with Crippen molar-refractivity contribution in [3.05, 3.63) is 0 Å². The molecule has 0 unspecified atom stereocenters. The summed E-state index contributed by atoms with van der Waals surface area (Å²) >= 11 is 0. The number of nitrogens with one attached hydrogen (secondary N) is 14. The number of aliphatic hydroxyl groups is 9. The van der Waals surface area contributed by atoms with Crippen LogP contribution in [0.4, 0.5) is 0 Å². The molecule has 0 radical (unpaired) electrons. The Morgan fingerprint density at radius 2 is 0.480 bits per heavy atom. The first-order valence-corrected chi connectivity index (χ1v) is 50.4. The Labute approximate surface area is 862 Å². The molecule has 0 bridgehead atoms. The summed E-state index contributed by atoms with van der Waals surface area (Å²) in [6.45, 7) is 7.42. The number of amides is 22. The molecule has 838 valence electrons. The molecule has 0 aromatic heterocycles. The van der Waals surface area contributed by atoms with Crippen molar-refractivity contribution in [2.24, 2.45) is 5.73 Å². The van der Waals surface area contributed by atoms with Gasteiger partial charge >= 0.3 is 11.9 Å². The summed E-state index contributed by atoms with van der Waals surface area (Å²) in [4.78, 5) is 337. The lowest BCUT2D eigenvalue weighted by atomic mass is 10.1. The van der Waals surface area contributed by atoms with Crippen LogP contribution >= 0.6 is 0 Å². The van der Waals surface area contributed by atoms with E-state index >= 15 is 0 Å². The van der Waals surface area contributed by atoms with Crippen molar-refractivity contribution in [1.29, 1.82) is 0 Å². The molecular weight excluding hydrogens is 1990 g/mol. The van der Waals surface area contributed by atoms with Gasteiger partial charge in [-0.3, -0.25) is 110 Å². The fourth-order valence-corrected chi connectivity index (χ4v) is 19.4. The minimum absolute atomic E-state index is 0.00932. The van der Waals surface area contributed by atoms with E-state index in [0.717, 1.165) is 35.5 Å². The second kappa shape index (κ2) is 55.6. The summed E-state index contributed by atoms with van der Waals surface area (Å²) in [6, 6.07) is -34.7. The van der Waals surface area contributed by atoms with Crippen LogP contribution in [0, 0.1) is 0 Å². The Morgan fingerprint density at radius 1 is 0.247 bits per heavy atom. The third-order valence-corrected chi connectivity index (χ3v) is 27.9. The monoisotopic (exact) mass is 2130 g/mol. The highest BCUT2D eigenvalue weighted by molar-refractivity contribution is 6.04. The molecule has 8 rings (SSSR count). The Bertz CT molecular complexity index is 4950. The van der Waals surface area contributed by atoms with Gasteiger partial charge in [-0.15, -0.1) is 0 Å². The van der Waals surface area contributed by atoms with Gasteiger partial charge in [0.15, 0.2) is 0 Å². The summed E-state index contributed by atoms with van der Waals surface area (Å²) < 4.78 is 0. The molecule has 8 aliphatic heterocycles. The number of hydrogen-bond donors (Lipinski definition) is 26. The topological polar surface area (TPSA) is 853 Å². The number of nitrogens with zero attached hydrogens (tertiary/aromatic N) is 8. The Morgan fingerprint density at radius 3 is 0.800 bits per heavy atom. The first-order valence-electron chi connectivity index (χ1n) is 50.4. The maximum absolute atomic E-state index is 14.5. The summed E-state index contributed by atoms with van der Waals surface area (Å²) in [5.74, 6) is -23.7. The molecule has 22 amide bonds. The fraction of sp³-hybridized carbons (Fsp3) is 0.739. The lowest BCUT2D eigenvalue weighted by Gasteiger charge is -2.34. The fourth-order valence-electron chi connectivity index (χ4n) is 19.4. The van der Waals surface area contributed by atoms with Gasteiger partial charge in [-0.25, -0.2) is 4.79 Å². The molecule has 0 spiro atoms. The zero-order chi connectivity index (χ0) is 112. The van der Waals surface area contributed by atoms with Crippen molar-refractivity contribution in [2.75, 3.05) is 78.8 Å². The molecule has 28 atom stereocenters. The van der Waals surface area contributed by atoms with Crippen molar-refractivity contribution < 1.29 is 171 Å². The summed E-state index contributed by atoms with van der Waals surface area (Å²) in [6.07, 6.45) is -6.28. The molecule has 150 heavy (non-hydrogen) atoms. The van der Waals surface area contributed by atoms with Gasteiger partial charge in [-0.1, -0.05) is 0 Å². The third kappa shape index (κ3) is 30.9. The molecule has 8 saturated heterocycles. The van der Waals surface area contributed by atoms with Gasteiger partial charge in [0.2, 0.25) is 130 Å². The normalized spacial score (nSPS) is 23.6. The quantitative estimate of drug-likeness (QED) is 0.0269. The Hall–Kier alpha value is -13.1. The lowest BCUT2D eigenvalue weighted by molar-refractivity contribution is -0.149. The van der Waals surface area contributed by atoms with Gasteiger partial charge in [0, 0.05) is 58.8 Å². The number of rotatable bonds is 49. The highest BCUT2D eigenvalue weighted by Gasteiger charge is 2.52. The van der Waals surface area contributed by atoms with Gasteiger partial charge < -0.3 is 176 Å². The van der Waals surface area contributed by atoms with Gasteiger partial charge in [0.1, 0.15) is 139 Å². The number of likely N-dealkylation sites (tertiary alicyclic amines) is 8. The maximum Gasteiger partial charge on any atom is 0.326 e. The average molecular weight is 2130 g/mol. The molecule has 0 aliphatic carbocycles. The zero-order valence-electron chi connectivity index (χ0n) is 85.3. The Balaban J connectivity index is 0.780. The molecule has 58 heteroatoms. The SMILES string of the molecule is C[C@H](NC(=O)[C@H](CO)NC(=O)[C@@H]1CCCN1C(=O)[C@@H](NC(=O)[C@@H]1CCCN1C(=O)[C@@H]1CCCN1C(=O)[C@H](C)NC(=O)[C@H](C)NC(=O)[C@@H](NC(=O)[C@@H](N)[C@@H](C)O)[C@@H](C)O)[C@@H](C)O)C(=O)N[C@H](C(=O)N[C@H](C(=O)N1CCC[C@H]1C(=O)N[C@@H](C)C(=O)N1CCC[C@H]1C(=O)N1CCC[C@H]1C(=O)N[C@@H](CO)C(=O)N[C@@H](CO)C(=O)N[C@@H](CO)C(=O)N[C@@H](C)C(=O)N1CCC[C@H]1C(=O)N1CCC[C@H]1C(=O)N[C@@H](CCC(=O)O)C(=O)O)[C@@H](C)O)[C@@H](C)O. The van der Waals surface area contributed by atoms with Crippen LogP contribution in [0.15, 0.2) is 0 Å². The van der Waals surface area contributed by atoms with E-state index < -0.39 is 351 Å². The molecule has 0 aromatic carbocycles. The standard InChI is InChI=1S/C92H145N23O35/c1-41(95-82(139)66(47(7)121)105-81(138)65(93)46(6)120)70(127)96-43(3)84(141)113-34-16-26-63(113)89(146)110-31-13-23-60(110)80(137)106-68(49(9)123)90(147)112-33-15-22-59(112)79(136)102-53(38-117)72(129)94-42(2)71(128)104-67(48(8)122)83(140)107-69(50(10)124)91(148)111-32-14-19-56(111)76(133)98-45(5)86(143)115-36-18-25-62(115)88(145)109-30-12-21-58(109)78(135)103-55(40-119)75(132)101-54(39-118)74(131)100-52(37-116)73(130)97-44(4)85(142)114-35-17-24-61(114)87(144)108-29-11-20-57(108)77(134)99-51(92(149)150)27-28-64(125)126/h41-63,65-69,116-124H,11-40,93H2,1-10H3,(H,94,129)(H,95,139)(H,96,127)(H,97,130)(H,98,133)(H,99,134)(H,100,131)(H,101,132)(H,102,136)(H,103,135)(H,104,128)(H,105,138)(H,106,137)(H,107,140)(H,125,126)(H,149,150)/t41-,42-,43-,44-,45-,46+,47+,48+,49+,50+,51-,52-,53-,54-,55-,56-,57-,58-,59-,60-,61-,62-,63-,65-,66-,67-,68-,69-/m0/s1. The number of carboxylic acid groups (broad SMARTS) is 2. The summed E-state index contributed by atoms with van der Waals surface area (Å²) in [5.41, 5.74) is 5.65. The molecule has 58 nitrogen and oxygen atoms in total. The van der Waals surface area contributed by atoms with Crippen molar-refractivity contribution in [3.8, 4) is 0 Å². The Kier molecular flexibility index (Phi) is 45.2. The molecular formula is C92H145N23O35. The zero-order valence-corrected chi connectivity index (χ0v) is 85.3. The smallest absolute Gasteiger partial charge is 0.326 e. The first kappa shape index (κ1) is 122. The number of carboxylic acids is 2. The van der Waals surface area contributed by atoms with Crippen LogP contribution in [0.25, 0.3) is 0 Å². The maximum atomic E-state index is 14.5. The summed E-state index contributed by atoms with van der Waals surface area (Å²) in [7, 11) is 0. The lowest BCUT2D eigenvalue weighted by Crippen LogP contribution is -2.63. The second-order valence-electron chi connectivity index (χ2n) is 39.1. The van der Waals surface area contributed by atoms with Crippen LogP contribution in [0.2, 0.25) is 0 Å². The van der Waals surface area contributed by atoms with E-state index in [1.165, 1.54) is 73.0 Å². The number of hydrogen-bond acceptors (Lipinski definition) is 34. The van der Waals surface area contributed by atoms with Crippen LogP contribution in [-0.2, 0) is 115 Å². The molecule has 27 N–H and O–H groups in total. The van der Waals surface area contributed by atoms with E-state index in [1.807, 2.05) is 0 Å². The van der Waals surface area contributed by atoms with Crippen molar-refractivity contribution in [1.82, 2.24) is 114 Å². The van der Waals surface area contributed by atoms with Crippen molar-refractivity contribution in [3.63, 3.8) is 0 Å². The summed E-state index contributed by atoms with van der Waals surface area (Å²) in [5, 5.41) is 145. The van der Waals surface area contributed by atoms with Gasteiger partial charge in [-0.05, 0) is 178 Å². The predicted octanol–water partition coefficient (Wildman–Crippen LogP) is -15.0. The van der Waals surface area contributed by atoms with Gasteiger partial charge in [0.05, 0.1) is 56.9 Å². The second-order valence-corrected chi connectivity index (χ2v) is 39.1. The number of carbonyl (C=O) groups is 24. The van der Waals surface area contributed by atoms with E-state index in [9.17, 15) is 166 Å². The largest absolute Gasteiger partial charge is 0.481 e. The van der Waals surface area contributed by atoms with Gasteiger partial charge in [0.25, 0.3) is 0 Å². The van der Waals surface area contributed by atoms with E-state index in [0.29, 0.717) is 25.7 Å². The predicted molar refractivity (Wildman–Crippen MR) is 513 cm³/mol. The van der Waals surface area contributed by atoms with Gasteiger partial charge in [-0.2, -0.15) is 0 Å². The highest BCUT2D eigenvalue weighted by Crippen LogP contribution is 2.32. The van der Waals surface area contributed by atoms with E-state index in [2.05, 4.69) is 74.4 Å². The highest BCUT2D eigenvalue weighted by atomic mass is 16.4. The number of carbonyl (C=O) groups excluding carboxylic acids is 22. The van der Waals surface area contributed by atoms with E-state index in [4.69, 9.17) is 10.8 Å². The van der Waals surface area contributed by atoms with Crippen LogP contribution in [0.3, 0.4) is 0 Å². The van der Waals surface area contributed by atoms with E-state index in [1.54, 1.807) is 0 Å². The van der Waals surface area contributed by atoms with Crippen LogP contribution in [0.1, 0.15) is 185 Å². The number of nitrogens with two attached hydrogens (primary N) is 1. The van der Waals surface area contributed by atoms with E-state index in [-0.39, 0.29) is 129 Å². The minimum atomic E-state index is -1.94. The van der Waals surface area contributed by atoms with Crippen LogP contribution < -0.4 is 80.2 Å². The van der Waals surface area contributed by atoms with Crippen LogP contribution in [-0.4, -0.2) is 486 Å². The number of aliphatic hydroxyl groups excluding tert-OH is 9. The molecule has 8 aliphatic rings.